The van der Waals surface area contributed by atoms with Crippen molar-refractivity contribution >= 4 is 10.1 Å². The zero-order valence-electron chi connectivity index (χ0n) is 9.45. The molecule has 2 aromatic carbocycles. The van der Waals surface area contributed by atoms with Gasteiger partial charge in [-0.1, -0.05) is 54.1 Å². The molecule has 17 heavy (non-hydrogen) atoms. The summed E-state index contributed by atoms with van der Waals surface area (Å²) in [5.74, 6) is 0. The first-order valence-electron chi connectivity index (χ1n) is 5.04. The van der Waals surface area contributed by atoms with Gasteiger partial charge in [-0.25, -0.2) is 0 Å². The van der Waals surface area contributed by atoms with Crippen LogP contribution in [0.1, 0.15) is 5.56 Å². The molecule has 0 bridgehead atoms. The number of aryl methyl sites for hydroxylation is 1. The number of hydrogen-bond donors (Lipinski definition) is 1. The molecule has 2 rings (SSSR count). The summed E-state index contributed by atoms with van der Waals surface area (Å²) in [6, 6.07) is 18.0. The van der Waals surface area contributed by atoms with Crippen LogP contribution < -0.4 is 0 Å². The third-order valence-electron chi connectivity index (χ3n) is 1.99. The van der Waals surface area contributed by atoms with Gasteiger partial charge in [0.05, 0.1) is 4.90 Å². The summed E-state index contributed by atoms with van der Waals surface area (Å²) in [6.07, 6.45) is 0. The van der Waals surface area contributed by atoms with Crippen molar-refractivity contribution in [1.82, 2.24) is 0 Å². The van der Waals surface area contributed by atoms with Gasteiger partial charge in [0.15, 0.2) is 0 Å². The van der Waals surface area contributed by atoms with Crippen LogP contribution >= 0.6 is 0 Å². The van der Waals surface area contributed by atoms with E-state index in [2.05, 4.69) is 0 Å². The van der Waals surface area contributed by atoms with Crippen LogP contribution in [0.15, 0.2) is 65.6 Å². The minimum absolute atomic E-state index is 0.0666. The van der Waals surface area contributed by atoms with Gasteiger partial charge in [0.2, 0.25) is 0 Å². The van der Waals surface area contributed by atoms with E-state index < -0.39 is 10.1 Å². The summed E-state index contributed by atoms with van der Waals surface area (Å²) in [6.45, 7) is 1.84. The molecule has 0 aromatic heterocycles. The number of benzene rings is 2. The van der Waals surface area contributed by atoms with Crippen LogP contribution in [-0.2, 0) is 10.1 Å². The van der Waals surface area contributed by atoms with Crippen LogP contribution in [0.3, 0.4) is 0 Å². The largest absolute Gasteiger partial charge is 0.294 e. The lowest BCUT2D eigenvalue weighted by Gasteiger charge is -1.95. The Balaban J connectivity index is 0.000000202. The number of hydrogen-bond acceptors (Lipinski definition) is 2. The maximum absolute atomic E-state index is 10.5. The predicted octanol–water partition coefficient (Wildman–Crippen LogP) is 2.93. The average Bonchev–Trinajstić information content (AvgIpc) is 2.31. The highest BCUT2D eigenvalue weighted by atomic mass is 32.2. The van der Waals surface area contributed by atoms with Crippen LogP contribution in [0.25, 0.3) is 0 Å². The fraction of sp³-hybridized carbons (Fsp3) is 0.0769. The molecule has 0 saturated carbocycles. The highest BCUT2D eigenvalue weighted by molar-refractivity contribution is 7.85. The molecule has 0 heterocycles. The van der Waals surface area contributed by atoms with Crippen molar-refractivity contribution in [3.05, 3.63) is 66.2 Å². The summed E-state index contributed by atoms with van der Waals surface area (Å²) in [4.78, 5) is -0.0666. The maximum Gasteiger partial charge on any atom is 0.294 e. The van der Waals surface area contributed by atoms with E-state index >= 15 is 0 Å². The van der Waals surface area contributed by atoms with Crippen molar-refractivity contribution in [2.45, 2.75) is 11.8 Å². The van der Waals surface area contributed by atoms with Crippen LogP contribution in [0, 0.1) is 6.92 Å². The zero-order chi connectivity index (χ0) is 12.7. The van der Waals surface area contributed by atoms with Gasteiger partial charge in [-0.15, -0.1) is 0 Å². The van der Waals surface area contributed by atoms with Gasteiger partial charge >= 0.3 is 0 Å². The van der Waals surface area contributed by atoms with Gasteiger partial charge < -0.3 is 0 Å². The Morgan fingerprint density at radius 2 is 1.18 bits per heavy atom. The lowest BCUT2D eigenvalue weighted by atomic mass is 10.2. The smallest absolute Gasteiger partial charge is 0.282 e. The Bertz CT molecular complexity index is 504. The van der Waals surface area contributed by atoms with Gasteiger partial charge in [0.1, 0.15) is 0 Å². The van der Waals surface area contributed by atoms with Crippen molar-refractivity contribution in [2.75, 3.05) is 0 Å². The Morgan fingerprint density at radius 3 is 1.47 bits per heavy atom. The molecule has 0 radical (unpaired) electrons. The molecule has 0 spiro atoms. The second-order valence-corrected chi connectivity index (χ2v) is 4.86. The lowest BCUT2D eigenvalue weighted by molar-refractivity contribution is 0.483. The fourth-order valence-corrected chi connectivity index (χ4v) is 1.58. The van der Waals surface area contributed by atoms with Crippen molar-refractivity contribution in [3.63, 3.8) is 0 Å². The quantitative estimate of drug-likeness (QED) is 0.792. The molecule has 0 unspecified atom stereocenters. The molecule has 4 heteroatoms. The standard InChI is InChI=1S/C7H8O3S.C6H6/c1-6-2-4-7(5-3-6)11(8,9)10;1-2-4-6-5-3-1/h2-5H,1H3,(H,8,9,10);1-6H. The van der Waals surface area contributed by atoms with Crippen LogP contribution in [0.4, 0.5) is 0 Å². The van der Waals surface area contributed by atoms with E-state index in [1.807, 2.05) is 43.3 Å². The maximum atomic E-state index is 10.5. The second-order valence-electron chi connectivity index (χ2n) is 3.44. The first-order valence-corrected chi connectivity index (χ1v) is 6.48. The molecular weight excluding hydrogens is 236 g/mol. The SMILES string of the molecule is Cc1ccc(S(=O)(=O)O)cc1.c1ccccc1. The predicted molar refractivity (Wildman–Crippen MR) is 67.4 cm³/mol. The Hall–Kier alpha value is -1.65. The minimum atomic E-state index is -4.02. The summed E-state index contributed by atoms with van der Waals surface area (Å²) in [5, 5.41) is 0. The van der Waals surface area contributed by atoms with Crippen LogP contribution in [-0.4, -0.2) is 13.0 Å². The van der Waals surface area contributed by atoms with E-state index in [4.69, 9.17) is 4.55 Å². The molecule has 0 aliphatic heterocycles. The van der Waals surface area contributed by atoms with Gasteiger partial charge in [-0.05, 0) is 19.1 Å². The van der Waals surface area contributed by atoms with Crippen molar-refractivity contribution in [1.29, 1.82) is 0 Å². The monoisotopic (exact) mass is 250 g/mol. The van der Waals surface area contributed by atoms with Crippen LogP contribution in [0.2, 0.25) is 0 Å². The fourth-order valence-electron chi connectivity index (χ4n) is 1.10. The molecule has 90 valence electrons. The van der Waals surface area contributed by atoms with E-state index in [0.717, 1.165) is 5.56 Å². The van der Waals surface area contributed by atoms with E-state index in [0.29, 0.717) is 0 Å². The molecule has 1 N–H and O–H groups in total. The summed E-state index contributed by atoms with van der Waals surface area (Å²) < 4.78 is 29.6. The molecule has 0 amide bonds. The molecule has 0 atom stereocenters. The highest BCUT2D eigenvalue weighted by Crippen LogP contribution is 2.08. The molecule has 0 aliphatic carbocycles. The van der Waals surface area contributed by atoms with E-state index in [9.17, 15) is 8.42 Å². The molecular formula is C13H14O3S. The normalized spacial score (nSPS) is 10.2. The average molecular weight is 250 g/mol. The Morgan fingerprint density at radius 1 is 0.824 bits per heavy atom. The second kappa shape index (κ2) is 6.18. The van der Waals surface area contributed by atoms with Gasteiger partial charge in [-0.3, -0.25) is 4.55 Å². The Labute approximate surface area is 101 Å². The van der Waals surface area contributed by atoms with Crippen LogP contribution in [0.5, 0.6) is 0 Å². The Kier molecular flexibility index (Phi) is 4.87. The first-order chi connectivity index (χ1) is 8.00. The summed E-state index contributed by atoms with van der Waals surface area (Å²) in [7, 11) is -4.02. The van der Waals surface area contributed by atoms with Gasteiger partial charge in [0.25, 0.3) is 10.1 Å². The molecule has 0 fully saturated rings. The molecule has 0 saturated heterocycles. The number of rotatable bonds is 1. The van der Waals surface area contributed by atoms with E-state index in [1.165, 1.54) is 12.1 Å². The molecule has 0 aliphatic rings. The third kappa shape index (κ3) is 5.29. The highest BCUT2D eigenvalue weighted by Gasteiger charge is 2.06. The third-order valence-corrected chi connectivity index (χ3v) is 2.85. The molecule has 2 aromatic rings. The minimum Gasteiger partial charge on any atom is -0.282 e. The van der Waals surface area contributed by atoms with E-state index in [1.54, 1.807) is 12.1 Å². The summed E-state index contributed by atoms with van der Waals surface area (Å²) >= 11 is 0. The molecule has 3 nitrogen and oxygen atoms in total. The van der Waals surface area contributed by atoms with Gasteiger partial charge in [-0.2, -0.15) is 8.42 Å². The topological polar surface area (TPSA) is 54.4 Å². The van der Waals surface area contributed by atoms with Gasteiger partial charge in [0, 0.05) is 0 Å². The zero-order valence-corrected chi connectivity index (χ0v) is 10.3. The van der Waals surface area contributed by atoms with Crippen molar-refractivity contribution in [3.8, 4) is 0 Å². The lowest BCUT2D eigenvalue weighted by Crippen LogP contribution is -1.96. The summed E-state index contributed by atoms with van der Waals surface area (Å²) in [5.41, 5.74) is 0.956. The van der Waals surface area contributed by atoms with Crippen molar-refractivity contribution in [2.24, 2.45) is 0 Å². The van der Waals surface area contributed by atoms with Crippen molar-refractivity contribution < 1.29 is 13.0 Å². The first kappa shape index (κ1) is 13.4. The van der Waals surface area contributed by atoms with E-state index in [-0.39, 0.29) is 4.90 Å².